The fourth-order valence-electron chi connectivity index (χ4n) is 4.20. The van der Waals surface area contributed by atoms with E-state index in [4.69, 9.17) is 23.2 Å². The maximum Gasteiger partial charge on any atom is 0.246 e. The molecule has 3 atom stereocenters. The molecule has 33 heavy (non-hydrogen) atoms. The summed E-state index contributed by atoms with van der Waals surface area (Å²) in [6.45, 7) is 2.59. The molecule has 0 saturated carbocycles. The van der Waals surface area contributed by atoms with Gasteiger partial charge in [-0.05, 0) is 36.7 Å². The fourth-order valence-corrected chi connectivity index (χ4v) is 4.51. The molecule has 182 valence electrons. The highest BCUT2D eigenvalue weighted by molar-refractivity contribution is 6.42. The van der Waals surface area contributed by atoms with E-state index in [1.165, 1.54) is 6.08 Å². The molecule has 0 radical (unpaired) electrons. The van der Waals surface area contributed by atoms with Gasteiger partial charge in [-0.2, -0.15) is 0 Å². The topological polar surface area (TPSA) is 105 Å². The molecule has 0 bridgehead atoms. The zero-order chi connectivity index (χ0) is 24.0. The summed E-state index contributed by atoms with van der Waals surface area (Å²) in [6, 6.07) is 5.10. The third-order valence-corrected chi connectivity index (χ3v) is 6.94. The van der Waals surface area contributed by atoms with Crippen LogP contribution in [0.2, 0.25) is 10.0 Å². The van der Waals surface area contributed by atoms with E-state index in [-0.39, 0.29) is 37.3 Å². The minimum atomic E-state index is -0.761. The fraction of sp³-hybridized carbons (Fsp3) is 0.565. The molecule has 2 aliphatic rings. The Morgan fingerprint density at radius 1 is 1.15 bits per heavy atom. The van der Waals surface area contributed by atoms with Crippen molar-refractivity contribution in [2.75, 3.05) is 52.4 Å². The predicted octanol–water partition coefficient (Wildman–Crippen LogP) is 1.10. The van der Waals surface area contributed by atoms with Crippen LogP contribution in [0.15, 0.2) is 24.3 Å². The van der Waals surface area contributed by atoms with Crippen LogP contribution in [0.4, 0.5) is 0 Å². The Morgan fingerprint density at radius 3 is 2.64 bits per heavy atom. The SMILES string of the molecule is O=C(/C=C/c1ccc(Cl)c(Cl)c1)N1CCC(=O)N(C[C@@H](O)CN2CC[C@H](CO)[C@H](O)C2)CC1. The molecule has 0 aromatic heterocycles. The van der Waals surface area contributed by atoms with Crippen LogP contribution >= 0.6 is 23.2 Å². The number of hydrogen-bond donors (Lipinski definition) is 3. The first-order valence-electron chi connectivity index (χ1n) is 11.2. The molecule has 0 aliphatic carbocycles. The summed E-state index contributed by atoms with van der Waals surface area (Å²) in [4.78, 5) is 30.3. The average molecular weight is 500 g/mol. The van der Waals surface area contributed by atoms with E-state index in [0.29, 0.717) is 55.7 Å². The zero-order valence-electron chi connectivity index (χ0n) is 18.4. The number of rotatable bonds is 7. The van der Waals surface area contributed by atoms with E-state index in [0.717, 1.165) is 5.56 Å². The van der Waals surface area contributed by atoms with Crippen molar-refractivity contribution in [2.45, 2.75) is 25.0 Å². The van der Waals surface area contributed by atoms with Crippen LogP contribution in [0.5, 0.6) is 0 Å². The first-order chi connectivity index (χ1) is 15.8. The largest absolute Gasteiger partial charge is 0.396 e. The summed E-state index contributed by atoms with van der Waals surface area (Å²) in [5.74, 6) is -0.423. The van der Waals surface area contributed by atoms with Gasteiger partial charge in [-0.1, -0.05) is 29.3 Å². The van der Waals surface area contributed by atoms with Crippen molar-refractivity contribution in [1.29, 1.82) is 0 Å². The molecule has 0 unspecified atom stereocenters. The van der Waals surface area contributed by atoms with Crippen molar-refractivity contribution in [3.05, 3.63) is 39.9 Å². The minimum absolute atomic E-state index is 0.0440. The Kier molecular flexibility index (Phi) is 9.55. The summed E-state index contributed by atoms with van der Waals surface area (Å²) in [5.41, 5.74) is 0.751. The normalized spacial score (nSPS) is 23.7. The minimum Gasteiger partial charge on any atom is -0.396 e. The van der Waals surface area contributed by atoms with E-state index < -0.39 is 12.2 Å². The van der Waals surface area contributed by atoms with E-state index in [9.17, 15) is 24.9 Å². The first kappa shape index (κ1) is 25.9. The number of likely N-dealkylation sites (tertiary alicyclic amines) is 1. The number of β-amino-alcohol motifs (C(OH)–C–C–N with tert-alkyl or cyclic N) is 2. The van der Waals surface area contributed by atoms with Gasteiger partial charge >= 0.3 is 0 Å². The van der Waals surface area contributed by atoms with Crippen LogP contribution in [0.3, 0.4) is 0 Å². The van der Waals surface area contributed by atoms with Crippen molar-refractivity contribution < 1.29 is 24.9 Å². The summed E-state index contributed by atoms with van der Waals surface area (Å²) < 4.78 is 0. The van der Waals surface area contributed by atoms with Crippen LogP contribution in [0.25, 0.3) is 6.08 Å². The molecular formula is C23H31Cl2N3O5. The van der Waals surface area contributed by atoms with Crippen LogP contribution in [-0.2, 0) is 9.59 Å². The Hall–Kier alpha value is -1.68. The number of benzene rings is 1. The lowest BCUT2D eigenvalue weighted by molar-refractivity contribution is -0.132. The number of piperidine rings is 1. The average Bonchev–Trinajstić information content (AvgIpc) is 2.96. The number of aliphatic hydroxyl groups excluding tert-OH is 3. The number of aliphatic hydroxyl groups is 3. The lowest BCUT2D eigenvalue weighted by Crippen LogP contribution is -2.49. The number of amides is 2. The smallest absolute Gasteiger partial charge is 0.246 e. The Bertz CT molecular complexity index is 868. The molecule has 2 heterocycles. The molecular weight excluding hydrogens is 469 g/mol. The summed E-state index contributed by atoms with van der Waals surface area (Å²) in [7, 11) is 0. The molecule has 2 saturated heterocycles. The van der Waals surface area contributed by atoms with Crippen LogP contribution in [0, 0.1) is 5.92 Å². The second kappa shape index (κ2) is 12.1. The van der Waals surface area contributed by atoms with Gasteiger partial charge < -0.3 is 25.1 Å². The third kappa shape index (κ3) is 7.40. The van der Waals surface area contributed by atoms with Gasteiger partial charge in [0.05, 0.1) is 22.3 Å². The van der Waals surface area contributed by atoms with Gasteiger partial charge in [0.25, 0.3) is 0 Å². The van der Waals surface area contributed by atoms with Crippen molar-refractivity contribution in [3.8, 4) is 0 Å². The summed E-state index contributed by atoms with van der Waals surface area (Å²) >= 11 is 11.9. The van der Waals surface area contributed by atoms with Crippen molar-refractivity contribution >= 4 is 41.1 Å². The van der Waals surface area contributed by atoms with Gasteiger partial charge in [0, 0.05) is 64.3 Å². The number of hydrogen-bond acceptors (Lipinski definition) is 6. The van der Waals surface area contributed by atoms with Gasteiger partial charge in [0.15, 0.2) is 0 Å². The van der Waals surface area contributed by atoms with E-state index in [1.807, 2.05) is 4.90 Å². The Balaban J connectivity index is 1.49. The Morgan fingerprint density at radius 2 is 1.94 bits per heavy atom. The molecule has 8 nitrogen and oxygen atoms in total. The maximum atomic E-state index is 12.6. The lowest BCUT2D eigenvalue weighted by Gasteiger charge is -2.36. The van der Waals surface area contributed by atoms with Gasteiger partial charge in [0.1, 0.15) is 0 Å². The molecule has 2 fully saturated rings. The quantitative estimate of drug-likeness (QED) is 0.485. The van der Waals surface area contributed by atoms with Gasteiger partial charge in [-0.25, -0.2) is 0 Å². The highest BCUT2D eigenvalue weighted by Gasteiger charge is 2.29. The molecule has 2 aliphatic heterocycles. The molecule has 3 N–H and O–H groups in total. The maximum absolute atomic E-state index is 12.6. The summed E-state index contributed by atoms with van der Waals surface area (Å²) in [6.07, 6.45) is 2.60. The van der Waals surface area contributed by atoms with Crippen LogP contribution in [-0.4, -0.2) is 106 Å². The van der Waals surface area contributed by atoms with Crippen molar-refractivity contribution in [3.63, 3.8) is 0 Å². The highest BCUT2D eigenvalue weighted by Crippen LogP contribution is 2.23. The van der Waals surface area contributed by atoms with Gasteiger partial charge in [0.2, 0.25) is 11.8 Å². The molecule has 10 heteroatoms. The van der Waals surface area contributed by atoms with Crippen molar-refractivity contribution in [2.24, 2.45) is 5.92 Å². The van der Waals surface area contributed by atoms with Crippen molar-refractivity contribution in [1.82, 2.24) is 14.7 Å². The Labute approximate surface area is 204 Å². The standard InChI is InChI=1S/C23H31Cl2N3O5/c24-19-3-1-16(11-20(19)25)2-4-22(32)27-8-6-23(33)28(10-9-27)13-18(30)12-26-7-5-17(15-29)21(31)14-26/h1-4,11,17-18,21,29-31H,5-10,12-15H2/b4-2+/t17-,18+,21-/m1/s1. The number of halogens is 2. The summed E-state index contributed by atoms with van der Waals surface area (Å²) in [5, 5.41) is 30.7. The third-order valence-electron chi connectivity index (χ3n) is 6.20. The highest BCUT2D eigenvalue weighted by atomic mass is 35.5. The molecule has 2 amide bonds. The van der Waals surface area contributed by atoms with Crippen LogP contribution in [0.1, 0.15) is 18.4 Å². The number of carbonyl (C=O) groups is 2. The molecule has 1 aromatic rings. The number of carbonyl (C=O) groups excluding carboxylic acids is 2. The monoisotopic (exact) mass is 499 g/mol. The zero-order valence-corrected chi connectivity index (χ0v) is 20.0. The first-order valence-corrected chi connectivity index (χ1v) is 11.9. The van der Waals surface area contributed by atoms with Gasteiger partial charge in [-0.15, -0.1) is 0 Å². The molecule has 3 rings (SSSR count). The number of nitrogens with zero attached hydrogens (tertiary/aromatic N) is 3. The van der Waals surface area contributed by atoms with E-state index in [2.05, 4.69) is 0 Å². The molecule has 1 aromatic carbocycles. The lowest BCUT2D eigenvalue weighted by atomic mass is 9.94. The van der Waals surface area contributed by atoms with E-state index in [1.54, 1.807) is 34.1 Å². The van der Waals surface area contributed by atoms with E-state index >= 15 is 0 Å². The second-order valence-corrected chi connectivity index (χ2v) is 9.45. The van der Waals surface area contributed by atoms with Gasteiger partial charge in [-0.3, -0.25) is 14.5 Å². The molecule has 0 spiro atoms. The predicted molar refractivity (Wildman–Crippen MR) is 127 cm³/mol. The second-order valence-electron chi connectivity index (χ2n) is 8.63. The van der Waals surface area contributed by atoms with Crippen LogP contribution < -0.4 is 0 Å².